The summed E-state index contributed by atoms with van der Waals surface area (Å²) in [5, 5.41) is 1.95. The first-order chi connectivity index (χ1) is 9.74. The Morgan fingerprint density at radius 2 is 2.30 bits per heavy atom. The van der Waals surface area contributed by atoms with Gasteiger partial charge in [0.05, 0.1) is 11.1 Å². The minimum absolute atomic E-state index is 0.0678. The van der Waals surface area contributed by atoms with Crippen LogP contribution in [0.15, 0.2) is 44.9 Å². The number of esters is 1. The highest BCUT2D eigenvalue weighted by atomic mass is 32.1. The fraction of sp³-hybridized carbons (Fsp3) is 0.143. The van der Waals surface area contributed by atoms with Gasteiger partial charge in [-0.15, -0.1) is 11.3 Å². The number of nitrogens with zero attached hydrogens (tertiary/aromatic N) is 1. The first-order valence-electron chi connectivity index (χ1n) is 5.93. The predicted molar refractivity (Wildman–Crippen MR) is 72.4 cm³/mol. The van der Waals surface area contributed by atoms with Crippen molar-refractivity contribution < 1.29 is 18.4 Å². The molecule has 0 aromatic carbocycles. The SMILES string of the molecule is Cc1occc1C(=O)OCc1coc(-c2cccs2)n1. The molecule has 0 aliphatic heterocycles. The summed E-state index contributed by atoms with van der Waals surface area (Å²) in [4.78, 5) is 17.0. The molecule has 0 unspecified atom stereocenters. The minimum atomic E-state index is -0.433. The van der Waals surface area contributed by atoms with Gasteiger partial charge in [0.25, 0.3) is 0 Å². The first kappa shape index (κ1) is 12.7. The Balaban J connectivity index is 1.65. The number of oxazole rings is 1. The lowest BCUT2D eigenvalue weighted by Crippen LogP contribution is -2.05. The van der Waals surface area contributed by atoms with E-state index in [0.29, 0.717) is 22.9 Å². The Morgan fingerprint density at radius 3 is 3.00 bits per heavy atom. The number of carbonyl (C=O) groups is 1. The van der Waals surface area contributed by atoms with E-state index in [0.717, 1.165) is 4.88 Å². The second-order valence-electron chi connectivity index (χ2n) is 4.09. The predicted octanol–water partition coefficient (Wildman–Crippen LogP) is 3.66. The number of ether oxygens (including phenoxy) is 1. The summed E-state index contributed by atoms with van der Waals surface area (Å²) >= 11 is 1.54. The molecule has 102 valence electrons. The van der Waals surface area contributed by atoms with Crippen molar-refractivity contribution in [3.63, 3.8) is 0 Å². The maximum absolute atomic E-state index is 11.8. The number of furan rings is 1. The van der Waals surface area contributed by atoms with E-state index in [4.69, 9.17) is 13.6 Å². The molecule has 20 heavy (non-hydrogen) atoms. The largest absolute Gasteiger partial charge is 0.469 e. The monoisotopic (exact) mass is 289 g/mol. The van der Waals surface area contributed by atoms with Gasteiger partial charge in [0.15, 0.2) is 0 Å². The third-order valence-electron chi connectivity index (χ3n) is 2.71. The lowest BCUT2D eigenvalue weighted by atomic mass is 10.3. The number of aryl methyl sites for hydroxylation is 1. The van der Waals surface area contributed by atoms with Crippen LogP contribution in [0.4, 0.5) is 0 Å². The number of carbonyl (C=O) groups excluding carboxylic acids is 1. The Labute approximate surface area is 118 Å². The zero-order chi connectivity index (χ0) is 13.9. The van der Waals surface area contributed by atoms with Gasteiger partial charge in [-0.3, -0.25) is 0 Å². The molecule has 6 heteroatoms. The lowest BCUT2D eigenvalue weighted by molar-refractivity contribution is 0.0466. The average molecular weight is 289 g/mol. The third kappa shape index (κ3) is 2.50. The molecule has 0 saturated carbocycles. The van der Waals surface area contributed by atoms with Gasteiger partial charge in [-0.2, -0.15) is 0 Å². The summed E-state index contributed by atoms with van der Waals surface area (Å²) < 4.78 is 15.6. The van der Waals surface area contributed by atoms with E-state index in [1.165, 1.54) is 23.9 Å². The number of thiophene rings is 1. The first-order valence-corrected chi connectivity index (χ1v) is 6.81. The molecule has 0 atom stereocenters. The zero-order valence-corrected chi connectivity index (χ0v) is 11.5. The summed E-state index contributed by atoms with van der Waals surface area (Å²) in [7, 11) is 0. The zero-order valence-electron chi connectivity index (χ0n) is 10.7. The highest BCUT2D eigenvalue weighted by Gasteiger charge is 2.14. The van der Waals surface area contributed by atoms with Crippen molar-refractivity contribution in [2.45, 2.75) is 13.5 Å². The van der Waals surface area contributed by atoms with Gasteiger partial charge in [-0.05, 0) is 24.4 Å². The Morgan fingerprint density at radius 1 is 1.40 bits per heavy atom. The second-order valence-corrected chi connectivity index (χ2v) is 5.04. The van der Waals surface area contributed by atoms with Gasteiger partial charge in [0.1, 0.15) is 29.9 Å². The lowest BCUT2D eigenvalue weighted by Gasteiger charge is -2.00. The van der Waals surface area contributed by atoms with Gasteiger partial charge in [-0.25, -0.2) is 9.78 Å². The molecule has 3 heterocycles. The fourth-order valence-electron chi connectivity index (χ4n) is 1.70. The molecule has 0 bridgehead atoms. The topological polar surface area (TPSA) is 65.5 Å². The smallest absolute Gasteiger partial charge is 0.342 e. The van der Waals surface area contributed by atoms with E-state index in [1.54, 1.807) is 13.0 Å². The van der Waals surface area contributed by atoms with Crippen molar-refractivity contribution in [2.75, 3.05) is 0 Å². The number of hydrogen-bond donors (Lipinski definition) is 0. The number of rotatable bonds is 4. The van der Waals surface area contributed by atoms with Gasteiger partial charge in [0, 0.05) is 0 Å². The van der Waals surface area contributed by atoms with Crippen molar-refractivity contribution in [3.05, 3.63) is 53.1 Å². The van der Waals surface area contributed by atoms with E-state index >= 15 is 0 Å². The molecule has 0 radical (unpaired) electrons. The summed E-state index contributed by atoms with van der Waals surface area (Å²) in [6.07, 6.45) is 2.95. The molecule has 0 fully saturated rings. The Kier molecular flexibility index (Phi) is 3.39. The van der Waals surface area contributed by atoms with Crippen molar-refractivity contribution in [3.8, 4) is 10.8 Å². The van der Waals surface area contributed by atoms with Gasteiger partial charge >= 0.3 is 5.97 Å². The molecular weight excluding hydrogens is 278 g/mol. The van der Waals surface area contributed by atoms with E-state index in [2.05, 4.69) is 4.98 Å². The summed E-state index contributed by atoms with van der Waals surface area (Å²) in [5.74, 6) is 0.636. The van der Waals surface area contributed by atoms with Crippen LogP contribution in [0, 0.1) is 6.92 Å². The maximum atomic E-state index is 11.8. The molecular formula is C14H11NO4S. The number of aromatic nitrogens is 1. The third-order valence-corrected chi connectivity index (χ3v) is 3.57. The summed E-state index contributed by atoms with van der Waals surface area (Å²) in [6.45, 7) is 1.78. The van der Waals surface area contributed by atoms with E-state index in [1.807, 2.05) is 17.5 Å². The number of hydrogen-bond acceptors (Lipinski definition) is 6. The summed E-state index contributed by atoms with van der Waals surface area (Å²) in [6, 6.07) is 5.42. The second kappa shape index (κ2) is 5.34. The van der Waals surface area contributed by atoms with Crippen LogP contribution in [0.1, 0.15) is 21.8 Å². The molecule has 0 N–H and O–H groups in total. The quantitative estimate of drug-likeness (QED) is 0.686. The van der Waals surface area contributed by atoms with Crippen LogP contribution in [-0.2, 0) is 11.3 Å². The van der Waals surface area contributed by atoms with Gasteiger partial charge in [-0.1, -0.05) is 6.07 Å². The minimum Gasteiger partial charge on any atom is -0.469 e. The van der Waals surface area contributed by atoms with Crippen LogP contribution >= 0.6 is 11.3 Å². The van der Waals surface area contributed by atoms with Crippen LogP contribution in [0.5, 0.6) is 0 Å². The van der Waals surface area contributed by atoms with Crippen molar-refractivity contribution in [1.29, 1.82) is 0 Å². The highest BCUT2D eigenvalue weighted by molar-refractivity contribution is 7.13. The molecule has 3 aromatic rings. The normalized spacial score (nSPS) is 10.7. The maximum Gasteiger partial charge on any atom is 0.342 e. The van der Waals surface area contributed by atoms with Crippen LogP contribution in [0.2, 0.25) is 0 Å². The van der Waals surface area contributed by atoms with Crippen LogP contribution < -0.4 is 0 Å². The van der Waals surface area contributed by atoms with Crippen LogP contribution in [0.3, 0.4) is 0 Å². The molecule has 5 nitrogen and oxygen atoms in total. The molecule has 0 amide bonds. The van der Waals surface area contributed by atoms with Crippen LogP contribution in [0.25, 0.3) is 10.8 Å². The van der Waals surface area contributed by atoms with Crippen molar-refractivity contribution in [2.24, 2.45) is 0 Å². The standard InChI is InChI=1S/C14H11NO4S/c1-9-11(4-5-17-9)14(16)19-8-10-7-18-13(15-10)12-3-2-6-20-12/h2-7H,8H2,1H3. The van der Waals surface area contributed by atoms with Crippen LogP contribution in [-0.4, -0.2) is 11.0 Å². The van der Waals surface area contributed by atoms with Gasteiger partial charge in [0.2, 0.25) is 5.89 Å². The Hall–Kier alpha value is -2.34. The molecule has 0 spiro atoms. The highest BCUT2D eigenvalue weighted by Crippen LogP contribution is 2.23. The fourth-order valence-corrected chi connectivity index (χ4v) is 2.36. The molecule has 3 rings (SSSR count). The van der Waals surface area contributed by atoms with E-state index in [9.17, 15) is 4.79 Å². The molecule has 3 aromatic heterocycles. The molecule has 0 aliphatic carbocycles. The van der Waals surface area contributed by atoms with E-state index < -0.39 is 5.97 Å². The van der Waals surface area contributed by atoms with Crippen molar-refractivity contribution in [1.82, 2.24) is 4.98 Å². The summed E-state index contributed by atoms with van der Waals surface area (Å²) in [5.41, 5.74) is 0.995. The Bertz CT molecular complexity index is 711. The van der Waals surface area contributed by atoms with Crippen molar-refractivity contribution >= 4 is 17.3 Å². The van der Waals surface area contributed by atoms with E-state index in [-0.39, 0.29) is 6.61 Å². The molecule has 0 saturated heterocycles. The average Bonchev–Trinajstić information content (AvgIpc) is 3.16. The molecule has 0 aliphatic rings. The van der Waals surface area contributed by atoms with Gasteiger partial charge < -0.3 is 13.6 Å².